The highest BCUT2D eigenvalue weighted by molar-refractivity contribution is 7.17. The summed E-state index contributed by atoms with van der Waals surface area (Å²) in [6, 6.07) is 13.3. The molecule has 1 aromatic carbocycles. The molecule has 4 aromatic heterocycles. The van der Waals surface area contributed by atoms with E-state index in [-0.39, 0.29) is 18.7 Å². The Morgan fingerprint density at radius 2 is 1.80 bits per heavy atom. The molecular formula is C33H39N5O7S. The van der Waals surface area contributed by atoms with Gasteiger partial charge >= 0.3 is 6.03 Å². The molecule has 0 spiro atoms. The fourth-order valence-corrected chi connectivity index (χ4v) is 6.35. The lowest BCUT2D eigenvalue weighted by Gasteiger charge is -2.31. The van der Waals surface area contributed by atoms with Gasteiger partial charge < -0.3 is 23.5 Å². The van der Waals surface area contributed by atoms with E-state index in [0.717, 1.165) is 69.8 Å². The number of aromatic nitrogens is 3. The zero-order chi connectivity index (χ0) is 31.7. The van der Waals surface area contributed by atoms with Crippen LogP contribution in [0.5, 0.6) is 11.6 Å². The normalized spacial score (nSPS) is 14.3. The van der Waals surface area contributed by atoms with Gasteiger partial charge in [0.2, 0.25) is 0 Å². The predicted molar refractivity (Wildman–Crippen MR) is 173 cm³/mol. The maximum Gasteiger partial charge on any atom is 0.350 e. The van der Waals surface area contributed by atoms with Crippen molar-refractivity contribution < 1.29 is 33.1 Å². The monoisotopic (exact) mass is 649 g/mol. The minimum Gasteiger partial charge on any atom is -0.489 e. The Morgan fingerprint density at radius 1 is 1.02 bits per heavy atom. The summed E-state index contributed by atoms with van der Waals surface area (Å²) in [4.78, 5) is 24.7. The molecule has 244 valence electrons. The van der Waals surface area contributed by atoms with E-state index in [0.29, 0.717) is 45.5 Å². The number of aryl methyl sites for hydroxylation is 1. The second kappa shape index (κ2) is 15.5. The van der Waals surface area contributed by atoms with Crippen LogP contribution >= 0.6 is 11.3 Å². The maximum absolute atomic E-state index is 12.6. The molecule has 1 amide bonds. The van der Waals surface area contributed by atoms with Crippen LogP contribution in [0.1, 0.15) is 29.9 Å². The lowest BCUT2D eigenvalue weighted by molar-refractivity contribution is -0.00973. The van der Waals surface area contributed by atoms with Gasteiger partial charge in [-0.05, 0) is 61.0 Å². The number of nitrogens with zero attached hydrogens (tertiary/aromatic N) is 4. The van der Waals surface area contributed by atoms with Crippen LogP contribution in [-0.2, 0) is 20.9 Å². The third-order valence-electron chi connectivity index (χ3n) is 8.02. The van der Waals surface area contributed by atoms with Gasteiger partial charge in [0.25, 0.3) is 5.88 Å². The van der Waals surface area contributed by atoms with Crippen LogP contribution in [0.2, 0.25) is 0 Å². The Bertz CT molecular complexity index is 1730. The Hall–Kier alpha value is -4.01. The molecule has 12 nitrogen and oxygen atoms in total. The van der Waals surface area contributed by atoms with E-state index in [1.807, 2.05) is 67.9 Å². The van der Waals surface area contributed by atoms with E-state index in [9.17, 15) is 4.79 Å². The summed E-state index contributed by atoms with van der Waals surface area (Å²) in [5.74, 6) is 2.14. The van der Waals surface area contributed by atoms with Crippen molar-refractivity contribution in [1.82, 2.24) is 25.1 Å². The number of carbonyl (C=O) groups is 1. The molecule has 1 N–H and O–H groups in total. The SMILES string of the molecule is Cc1c(C)n(C(=O)NOCCOCCOCCOc2cc(CN3CCC(Oc4ccnc5ccsc45)CC3)on2)c2ccccc12. The number of hydrogen-bond acceptors (Lipinski definition) is 11. The number of piperidine rings is 1. The van der Waals surface area contributed by atoms with Crippen molar-refractivity contribution >= 4 is 38.5 Å². The molecule has 46 heavy (non-hydrogen) atoms. The second-order valence-electron chi connectivity index (χ2n) is 11.1. The zero-order valence-corrected chi connectivity index (χ0v) is 26.9. The van der Waals surface area contributed by atoms with E-state index in [1.54, 1.807) is 15.9 Å². The molecule has 0 bridgehead atoms. The highest BCUT2D eigenvalue weighted by Gasteiger charge is 2.23. The Balaban J connectivity index is 0.787. The molecular weight excluding hydrogens is 610 g/mol. The van der Waals surface area contributed by atoms with Crippen molar-refractivity contribution in [1.29, 1.82) is 0 Å². The molecule has 1 fully saturated rings. The third kappa shape index (κ3) is 7.85. The third-order valence-corrected chi connectivity index (χ3v) is 8.94. The topological polar surface area (TPSA) is 122 Å². The first kappa shape index (κ1) is 32.0. The number of ether oxygens (including phenoxy) is 4. The number of amides is 1. The molecule has 0 atom stereocenters. The van der Waals surface area contributed by atoms with E-state index in [1.165, 1.54) is 0 Å². The molecule has 1 aliphatic heterocycles. The van der Waals surface area contributed by atoms with Crippen molar-refractivity contribution in [2.45, 2.75) is 39.3 Å². The number of rotatable bonds is 15. The summed E-state index contributed by atoms with van der Waals surface area (Å²) in [6.45, 7) is 8.53. The lowest BCUT2D eigenvalue weighted by atomic mass is 10.1. The number of fused-ring (bicyclic) bond motifs is 2. The van der Waals surface area contributed by atoms with E-state index < -0.39 is 0 Å². The summed E-state index contributed by atoms with van der Waals surface area (Å²) >= 11 is 1.66. The number of pyridine rings is 1. The number of carbonyl (C=O) groups excluding carboxylic acids is 1. The number of nitrogens with one attached hydrogen (secondary N) is 1. The highest BCUT2D eigenvalue weighted by atomic mass is 32.1. The number of para-hydroxylation sites is 1. The largest absolute Gasteiger partial charge is 0.489 e. The zero-order valence-electron chi connectivity index (χ0n) is 26.1. The van der Waals surface area contributed by atoms with E-state index >= 15 is 0 Å². The van der Waals surface area contributed by atoms with Gasteiger partial charge in [0.1, 0.15) is 18.5 Å². The van der Waals surface area contributed by atoms with Crippen molar-refractivity contribution in [2.24, 2.45) is 0 Å². The van der Waals surface area contributed by atoms with Crippen LogP contribution in [0.4, 0.5) is 4.79 Å². The van der Waals surface area contributed by atoms with Crippen LogP contribution < -0.4 is 15.0 Å². The predicted octanol–water partition coefficient (Wildman–Crippen LogP) is 5.50. The van der Waals surface area contributed by atoms with Gasteiger partial charge in [-0.3, -0.25) is 19.3 Å². The minimum absolute atomic E-state index is 0.189. The first-order valence-electron chi connectivity index (χ1n) is 15.5. The molecule has 1 saturated heterocycles. The van der Waals surface area contributed by atoms with Gasteiger partial charge in [0, 0.05) is 36.4 Å². The number of hydroxylamine groups is 1. The summed E-state index contributed by atoms with van der Waals surface area (Å²) < 4.78 is 31.3. The number of thiophene rings is 1. The van der Waals surface area contributed by atoms with Crippen molar-refractivity contribution in [2.75, 3.05) is 52.7 Å². The maximum atomic E-state index is 12.6. The van der Waals surface area contributed by atoms with Crippen LogP contribution in [-0.4, -0.2) is 84.5 Å². The standard InChI is InChI=1S/C33H39N5O7S/c1-23-24(2)38(29-6-4-3-5-27(23)29)33(39)36-43-19-17-41-15-14-40-16-18-42-31-21-26(45-35-31)22-37-12-8-25(9-13-37)44-30-7-11-34-28-10-20-46-32(28)30/h3-7,10-11,20-21,25H,8-9,12-19,22H2,1-2H3,(H,36,39). The summed E-state index contributed by atoms with van der Waals surface area (Å²) in [5.41, 5.74) is 6.27. The van der Waals surface area contributed by atoms with Crippen molar-refractivity contribution in [3.05, 3.63) is 71.1 Å². The van der Waals surface area contributed by atoms with Gasteiger partial charge in [-0.1, -0.05) is 18.2 Å². The van der Waals surface area contributed by atoms with Crippen LogP contribution in [0.15, 0.2) is 58.6 Å². The van der Waals surface area contributed by atoms with Gasteiger partial charge in [-0.25, -0.2) is 10.3 Å². The smallest absolute Gasteiger partial charge is 0.350 e. The van der Waals surface area contributed by atoms with Crippen LogP contribution in [0.3, 0.4) is 0 Å². The number of hydrogen-bond donors (Lipinski definition) is 1. The highest BCUT2D eigenvalue weighted by Crippen LogP contribution is 2.31. The van der Waals surface area contributed by atoms with E-state index in [2.05, 4.69) is 20.5 Å². The fourth-order valence-electron chi connectivity index (χ4n) is 5.54. The first-order valence-corrected chi connectivity index (χ1v) is 16.4. The van der Waals surface area contributed by atoms with Crippen molar-refractivity contribution in [3.8, 4) is 11.6 Å². The molecule has 5 aromatic rings. The molecule has 0 saturated carbocycles. The summed E-state index contributed by atoms with van der Waals surface area (Å²) in [6.07, 6.45) is 3.89. The average molecular weight is 650 g/mol. The average Bonchev–Trinajstić information content (AvgIpc) is 3.80. The fraction of sp³-hybridized carbons (Fsp3) is 0.424. The first-order chi connectivity index (χ1) is 22.6. The van der Waals surface area contributed by atoms with Gasteiger partial charge in [-0.2, -0.15) is 0 Å². The number of likely N-dealkylation sites (tertiary alicyclic amines) is 1. The molecule has 1 aliphatic rings. The lowest BCUT2D eigenvalue weighted by Crippen LogP contribution is -2.37. The Kier molecular flexibility index (Phi) is 10.8. The molecule has 0 radical (unpaired) electrons. The van der Waals surface area contributed by atoms with E-state index in [4.69, 9.17) is 28.3 Å². The molecule has 13 heteroatoms. The summed E-state index contributed by atoms with van der Waals surface area (Å²) in [5, 5.41) is 7.12. The Morgan fingerprint density at radius 3 is 2.65 bits per heavy atom. The molecule has 5 heterocycles. The van der Waals surface area contributed by atoms with Crippen molar-refractivity contribution in [3.63, 3.8) is 0 Å². The minimum atomic E-state index is -0.336. The molecule has 0 aliphatic carbocycles. The Labute approximate surface area is 271 Å². The quantitative estimate of drug-likeness (QED) is 0.115. The van der Waals surface area contributed by atoms with Gasteiger partial charge in [0.15, 0.2) is 5.76 Å². The molecule has 0 unspecified atom stereocenters. The second-order valence-corrected chi connectivity index (χ2v) is 12.0. The van der Waals surface area contributed by atoms with Gasteiger partial charge in [-0.15, -0.1) is 11.3 Å². The molecule has 6 rings (SSSR count). The van der Waals surface area contributed by atoms with Crippen LogP contribution in [0.25, 0.3) is 21.1 Å². The number of benzene rings is 1. The van der Waals surface area contributed by atoms with Crippen LogP contribution in [0, 0.1) is 13.8 Å². The van der Waals surface area contributed by atoms with Gasteiger partial charge in [0.05, 0.1) is 55.3 Å². The summed E-state index contributed by atoms with van der Waals surface area (Å²) in [7, 11) is 0.